The molecule has 0 saturated carbocycles. The number of carbonyl (C=O) groups excluding carboxylic acids is 1. The lowest BCUT2D eigenvalue weighted by Crippen LogP contribution is -2.49. The average molecular weight is 405 g/mol. The zero-order chi connectivity index (χ0) is 19.5. The molecule has 2 aliphatic heterocycles. The van der Waals surface area contributed by atoms with E-state index in [4.69, 9.17) is 28.1 Å². The lowest BCUT2D eigenvalue weighted by molar-refractivity contribution is -0.158. The lowest BCUT2D eigenvalue weighted by Gasteiger charge is -2.25. The Labute approximate surface area is 167 Å². The normalized spacial score (nSPS) is 15.6. The summed E-state index contributed by atoms with van der Waals surface area (Å²) in [6, 6.07) is 7.57. The second-order valence-electron chi connectivity index (χ2n) is 6.49. The zero-order valence-corrected chi connectivity index (χ0v) is 16.9. The maximum absolute atomic E-state index is 12.5. The minimum atomic E-state index is -0.102. The molecule has 0 unspecified atom stereocenters. The number of carbonyl (C=O) groups is 1. The summed E-state index contributed by atoms with van der Waals surface area (Å²) < 4.78 is 0. The molecular formula is C19H18Cl2N4O2. The van der Waals surface area contributed by atoms with Crippen LogP contribution in [-0.2, 0) is 9.73 Å². The first-order valence-electron chi connectivity index (χ1n) is 8.60. The van der Waals surface area contributed by atoms with E-state index in [1.807, 2.05) is 45.0 Å². The van der Waals surface area contributed by atoms with E-state index < -0.39 is 0 Å². The fourth-order valence-electron chi connectivity index (χ4n) is 3.50. The van der Waals surface area contributed by atoms with Crippen LogP contribution in [0.5, 0.6) is 0 Å². The third-order valence-corrected chi connectivity index (χ3v) is 6.04. The van der Waals surface area contributed by atoms with Crippen molar-refractivity contribution < 1.29 is 9.73 Å². The highest BCUT2D eigenvalue weighted by Crippen LogP contribution is 2.44. The Morgan fingerprint density at radius 2 is 1.63 bits per heavy atom. The minimum absolute atomic E-state index is 0.102. The smallest absolute Gasteiger partial charge is 0.245 e. The molecule has 140 valence electrons. The summed E-state index contributed by atoms with van der Waals surface area (Å²) in [6.45, 7) is 7.55. The molecule has 2 aromatic carbocycles. The molecule has 0 bridgehead atoms. The van der Waals surface area contributed by atoms with Crippen LogP contribution in [0, 0.1) is 20.8 Å². The molecule has 6 nitrogen and oxygen atoms in total. The highest BCUT2D eigenvalue weighted by molar-refractivity contribution is 6.38. The van der Waals surface area contributed by atoms with Crippen molar-refractivity contribution in [2.45, 2.75) is 34.1 Å². The van der Waals surface area contributed by atoms with E-state index in [0.29, 0.717) is 22.3 Å². The maximum Gasteiger partial charge on any atom is 0.245 e. The third kappa shape index (κ3) is 2.44. The van der Waals surface area contributed by atoms with Gasteiger partial charge in [-0.1, -0.05) is 42.3 Å². The van der Waals surface area contributed by atoms with E-state index in [1.54, 1.807) is 11.9 Å². The first-order valence-corrected chi connectivity index (χ1v) is 9.36. The first kappa shape index (κ1) is 18.1. The monoisotopic (exact) mass is 404 g/mol. The van der Waals surface area contributed by atoms with E-state index in [1.165, 1.54) is 10.3 Å². The van der Waals surface area contributed by atoms with Crippen LogP contribution < -0.4 is 10.0 Å². The van der Waals surface area contributed by atoms with Crippen LogP contribution in [0.15, 0.2) is 29.4 Å². The van der Waals surface area contributed by atoms with Gasteiger partial charge in [0.1, 0.15) is 0 Å². The predicted molar refractivity (Wildman–Crippen MR) is 107 cm³/mol. The van der Waals surface area contributed by atoms with Crippen molar-refractivity contribution in [2.24, 2.45) is 5.16 Å². The molecule has 2 heterocycles. The zero-order valence-electron chi connectivity index (χ0n) is 15.4. The summed E-state index contributed by atoms with van der Waals surface area (Å²) in [7, 11) is 0. The second kappa shape index (κ2) is 6.41. The van der Waals surface area contributed by atoms with Gasteiger partial charge < -0.3 is 0 Å². The van der Waals surface area contributed by atoms with Gasteiger partial charge in [0.2, 0.25) is 11.7 Å². The Hall–Kier alpha value is -2.28. The van der Waals surface area contributed by atoms with Crippen LogP contribution in [0.1, 0.15) is 35.6 Å². The minimum Gasteiger partial charge on any atom is -0.273 e. The number of oxime groups is 1. The number of benzene rings is 2. The maximum atomic E-state index is 12.5. The molecule has 8 heteroatoms. The van der Waals surface area contributed by atoms with Crippen molar-refractivity contribution in [3.8, 4) is 0 Å². The van der Waals surface area contributed by atoms with Crippen LogP contribution in [0.2, 0.25) is 10.0 Å². The van der Waals surface area contributed by atoms with Gasteiger partial charge in [0.05, 0.1) is 16.7 Å². The van der Waals surface area contributed by atoms with E-state index in [0.717, 1.165) is 33.6 Å². The molecule has 0 saturated heterocycles. The van der Waals surface area contributed by atoms with E-state index in [-0.39, 0.29) is 5.91 Å². The Morgan fingerprint density at radius 1 is 1.04 bits per heavy atom. The molecule has 27 heavy (non-hydrogen) atoms. The summed E-state index contributed by atoms with van der Waals surface area (Å²) in [6.07, 6.45) is 0.331. The van der Waals surface area contributed by atoms with E-state index >= 15 is 0 Å². The van der Waals surface area contributed by atoms with Crippen molar-refractivity contribution in [1.82, 2.24) is 5.28 Å². The number of anilines is 2. The van der Waals surface area contributed by atoms with Gasteiger partial charge in [-0.3, -0.25) is 9.73 Å². The molecule has 0 aliphatic carbocycles. The molecule has 0 fully saturated rings. The van der Waals surface area contributed by atoms with Gasteiger partial charge in [-0.15, -0.1) is 0 Å². The van der Waals surface area contributed by atoms with E-state index in [9.17, 15) is 4.79 Å². The van der Waals surface area contributed by atoms with Gasteiger partial charge in [0.25, 0.3) is 0 Å². The molecule has 0 N–H and O–H groups in total. The fraction of sp³-hybridized carbons (Fsp3) is 0.263. The van der Waals surface area contributed by atoms with Crippen LogP contribution in [0.3, 0.4) is 0 Å². The number of nitrogens with zero attached hydrogens (tertiary/aromatic N) is 4. The van der Waals surface area contributed by atoms with Crippen LogP contribution in [-0.4, -0.2) is 17.0 Å². The number of hydrazine groups is 2. The molecular weight excluding hydrogens is 387 g/mol. The Kier molecular flexibility index (Phi) is 4.29. The summed E-state index contributed by atoms with van der Waals surface area (Å²) >= 11 is 13.0. The fourth-order valence-corrected chi connectivity index (χ4v) is 3.93. The molecule has 2 aliphatic rings. The second-order valence-corrected chi connectivity index (χ2v) is 7.24. The molecule has 0 radical (unpaired) electrons. The average Bonchev–Trinajstić information content (AvgIpc) is 3.23. The molecule has 1 amide bonds. The van der Waals surface area contributed by atoms with Crippen molar-refractivity contribution >= 4 is 46.3 Å². The number of hydrogen-bond donors (Lipinski definition) is 0. The third-order valence-electron chi connectivity index (χ3n) is 4.91. The number of para-hydroxylation sites is 2. The molecule has 0 aromatic heterocycles. The van der Waals surface area contributed by atoms with Crippen molar-refractivity contribution in [2.75, 3.05) is 10.0 Å². The van der Waals surface area contributed by atoms with Gasteiger partial charge in [-0.25, -0.2) is 0 Å². The Bertz CT molecular complexity index is 976. The van der Waals surface area contributed by atoms with Crippen LogP contribution >= 0.6 is 23.2 Å². The number of rotatable bonds is 2. The molecule has 0 atom stereocenters. The van der Waals surface area contributed by atoms with Crippen molar-refractivity contribution in [1.29, 1.82) is 0 Å². The van der Waals surface area contributed by atoms with Crippen molar-refractivity contribution in [3.05, 3.63) is 56.6 Å². The first-order chi connectivity index (χ1) is 12.9. The van der Waals surface area contributed by atoms with Gasteiger partial charge in [0, 0.05) is 22.0 Å². The lowest BCUT2D eigenvalue weighted by atomic mass is 9.98. The van der Waals surface area contributed by atoms with Gasteiger partial charge in [-0.2, -0.15) is 10.0 Å². The van der Waals surface area contributed by atoms with Crippen LogP contribution in [0.4, 0.5) is 11.4 Å². The SMILES string of the molecule is CCC(=O)N1c2ccccc2N2C(c3c(C)c(Cl)c(C)c(Cl)c3C)=NON12. The summed E-state index contributed by atoms with van der Waals surface area (Å²) in [5, 5.41) is 10.0. The number of amides is 1. The molecule has 0 spiro atoms. The number of amidine groups is 1. The Balaban J connectivity index is 1.90. The highest BCUT2D eigenvalue weighted by atomic mass is 35.5. The standard InChI is InChI=1S/C19H18Cl2N4O2/c1-5-15(26)23-13-8-6-7-9-14(13)24-19(22-27-25(23)24)16-10(2)17(20)12(4)18(21)11(16)3/h6-9H,5H2,1-4H3. The number of fused-ring (bicyclic) bond motifs is 3. The summed E-state index contributed by atoms with van der Waals surface area (Å²) in [4.78, 5) is 18.1. The number of hydrogen-bond acceptors (Lipinski definition) is 5. The van der Waals surface area contributed by atoms with Crippen LogP contribution in [0.25, 0.3) is 0 Å². The predicted octanol–water partition coefficient (Wildman–Crippen LogP) is 4.92. The molecule has 4 rings (SSSR count). The highest BCUT2D eigenvalue weighted by Gasteiger charge is 2.47. The number of halogens is 2. The topological polar surface area (TPSA) is 48.4 Å². The Morgan fingerprint density at radius 3 is 2.22 bits per heavy atom. The van der Waals surface area contributed by atoms with E-state index in [2.05, 4.69) is 5.16 Å². The van der Waals surface area contributed by atoms with Gasteiger partial charge >= 0.3 is 0 Å². The summed E-state index contributed by atoms with van der Waals surface area (Å²) in [5.74, 6) is 0.433. The quantitative estimate of drug-likeness (QED) is 0.712. The largest absolute Gasteiger partial charge is 0.273 e. The van der Waals surface area contributed by atoms with Gasteiger partial charge in [0.15, 0.2) is 0 Å². The molecule has 2 aromatic rings. The van der Waals surface area contributed by atoms with Crippen molar-refractivity contribution in [3.63, 3.8) is 0 Å². The van der Waals surface area contributed by atoms with Gasteiger partial charge in [-0.05, 0) is 54.8 Å². The summed E-state index contributed by atoms with van der Waals surface area (Å²) in [5.41, 5.74) is 4.87.